The number of rotatable bonds is 2. The summed E-state index contributed by atoms with van der Waals surface area (Å²) in [6.07, 6.45) is 1.12. The molecule has 0 unspecified atom stereocenters. The first-order valence-electron chi connectivity index (χ1n) is 8.92. The monoisotopic (exact) mass is 380 g/mol. The van der Waals surface area contributed by atoms with Crippen LogP contribution in [0.1, 0.15) is 39.2 Å². The summed E-state index contributed by atoms with van der Waals surface area (Å²) < 4.78 is 10.9. The van der Waals surface area contributed by atoms with Crippen LogP contribution in [0, 0.1) is 0 Å². The van der Waals surface area contributed by atoms with E-state index in [0.29, 0.717) is 18.1 Å². The van der Waals surface area contributed by atoms with Gasteiger partial charge in [-0.25, -0.2) is 9.59 Å². The lowest BCUT2D eigenvalue weighted by molar-refractivity contribution is -0.0501. The molecule has 0 aromatic heterocycles. The van der Waals surface area contributed by atoms with Crippen molar-refractivity contribution in [3.8, 4) is 0 Å². The molecule has 2 amide bonds. The van der Waals surface area contributed by atoms with E-state index in [1.165, 1.54) is 0 Å². The van der Waals surface area contributed by atoms with Crippen molar-refractivity contribution in [3.05, 3.63) is 34.9 Å². The summed E-state index contributed by atoms with van der Waals surface area (Å²) in [6.45, 7) is 6.69. The molecular formula is C19H25ClN2O4. The fourth-order valence-electron chi connectivity index (χ4n) is 3.32. The molecule has 2 fully saturated rings. The number of halogens is 1. The van der Waals surface area contributed by atoms with E-state index in [9.17, 15) is 9.59 Å². The fourth-order valence-corrected chi connectivity index (χ4v) is 3.45. The lowest BCUT2D eigenvalue weighted by Crippen LogP contribution is -2.67. The van der Waals surface area contributed by atoms with E-state index in [0.717, 1.165) is 18.4 Å². The predicted octanol–water partition coefficient (Wildman–Crippen LogP) is 4.06. The Bertz CT molecular complexity index is 671. The number of carbonyl (C=O) groups is 2. The maximum Gasteiger partial charge on any atom is 0.410 e. The average molecular weight is 381 g/mol. The summed E-state index contributed by atoms with van der Waals surface area (Å²) in [7, 11) is 0. The highest BCUT2D eigenvalue weighted by Gasteiger charge is 2.47. The minimum absolute atomic E-state index is 0.00832. The van der Waals surface area contributed by atoms with Crippen molar-refractivity contribution in [2.75, 3.05) is 13.1 Å². The van der Waals surface area contributed by atoms with Gasteiger partial charge in [-0.15, -0.1) is 0 Å². The number of carbonyl (C=O) groups excluding carboxylic acids is 2. The molecule has 26 heavy (non-hydrogen) atoms. The predicted molar refractivity (Wildman–Crippen MR) is 98.1 cm³/mol. The smallest absolute Gasteiger partial charge is 0.410 e. The Morgan fingerprint density at radius 1 is 1.04 bits per heavy atom. The molecule has 1 heterocycles. The average Bonchev–Trinajstić information content (AvgIpc) is 2.52. The van der Waals surface area contributed by atoms with Gasteiger partial charge in [0.05, 0.1) is 12.1 Å². The van der Waals surface area contributed by atoms with Crippen molar-refractivity contribution >= 4 is 23.8 Å². The first kappa shape index (κ1) is 18.8. The van der Waals surface area contributed by atoms with Crippen LogP contribution in [0.4, 0.5) is 9.59 Å². The van der Waals surface area contributed by atoms with Crippen LogP contribution in [0.3, 0.4) is 0 Å². The highest BCUT2D eigenvalue weighted by Crippen LogP contribution is 2.35. The summed E-state index contributed by atoms with van der Waals surface area (Å²) in [5.41, 5.74) is 0.366. The van der Waals surface area contributed by atoms with E-state index in [-0.39, 0.29) is 30.9 Å². The molecule has 3 rings (SSSR count). The van der Waals surface area contributed by atoms with Crippen LogP contribution in [0.5, 0.6) is 0 Å². The number of nitrogens with zero attached hydrogens (tertiary/aromatic N) is 2. The SMILES string of the molecule is CC(C)(C)OC(=O)N1CCN(C(=O)OCc2ccc(Cl)cc2)[C@@H]2CC[C@H]21. The largest absolute Gasteiger partial charge is 0.445 e. The standard InChI is InChI=1S/C19H25ClN2O4/c1-19(2,3)26-18(24)22-11-10-21(15-8-9-16(15)22)17(23)25-12-13-4-6-14(20)7-5-13/h4-7,15-16H,8-12H2,1-3H3/t15-,16-/m1/s1. The van der Waals surface area contributed by atoms with Crippen molar-refractivity contribution in [2.45, 2.75) is 57.9 Å². The third-order valence-corrected chi connectivity index (χ3v) is 4.97. The van der Waals surface area contributed by atoms with Crippen LogP contribution in [-0.2, 0) is 16.1 Å². The van der Waals surface area contributed by atoms with E-state index in [2.05, 4.69) is 0 Å². The van der Waals surface area contributed by atoms with Crippen molar-refractivity contribution in [1.82, 2.24) is 9.80 Å². The number of hydrogen-bond acceptors (Lipinski definition) is 4. The number of piperazine rings is 1. The zero-order valence-corrected chi connectivity index (χ0v) is 16.2. The molecule has 1 saturated carbocycles. The van der Waals surface area contributed by atoms with Gasteiger partial charge in [0, 0.05) is 18.1 Å². The van der Waals surface area contributed by atoms with Crippen LogP contribution >= 0.6 is 11.6 Å². The molecule has 7 heteroatoms. The van der Waals surface area contributed by atoms with Gasteiger partial charge in [0.1, 0.15) is 12.2 Å². The summed E-state index contributed by atoms with van der Waals surface area (Å²) in [4.78, 5) is 28.3. The van der Waals surface area contributed by atoms with Crippen LogP contribution < -0.4 is 0 Å². The zero-order valence-electron chi connectivity index (χ0n) is 15.4. The maximum absolute atomic E-state index is 12.5. The Morgan fingerprint density at radius 2 is 1.58 bits per heavy atom. The van der Waals surface area contributed by atoms with E-state index < -0.39 is 5.60 Å². The Balaban J connectivity index is 1.55. The van der Waals surface area contributed by atoms with Gasteiger partial charge in [-0.3, -0.25) is 0 Å². The lowest BCUT2D eigenvalue weighted by atomic mass is 9.82. The quantitative estimate of drug-likeness (QED) is 0.776. The minimum atomic E-state index is -0.523. The third-order valence-electron chi connectivity index (χ3n) is 4.72. The van der Waals surface area contributed by atoms with Gasteiger partial charge in [-0.05, 0) is 51.3 Å². The molecule has 2 atom stereocenters. The molecule has 1 aromatic rings. The zero-order chi connectivity index (χ0) is 18.9. The highest BCUT2D eigenvalue weighted by molar-refractivity contribution is 6.30. The maximum atomic E-state index is 12.5. The number of ether oxygens (including phenoxy) is 2. The van der Waals surface area contributed by atoms with Crippen LogP contribution in [0.15, 0.2) is 24.3 Å². The van der Waals surface area contributed by atoms with Crippen molar-refractivity contribution < 1.29 is 19.1 Å². The molecule has 0 bridgehead atoms. The van der Waals surface area contributed by atoms with E-state index >= 15 is 0 Å². The normalized spacial score (nSPS) is 22.3. The van der Waals surface area contributed by atoms with Gasteiger partial charge in [0.25, 0.3) is 0 Å². The summed E-state index contributed by atoms with van der Waals surface area (Å²) in [5.74, 6) is 0. The molecule has 1 aliphatic heterocycles. The van der Waals surface area contributed by atoms with Crippen molar-refractivity contribution in [1.29, 1.82) is 0 Å². The molecule has 0 radical (unpaired) electrons. The number of amides is 2. The van der Waals surface area contributed by atoms with E-state index in [1.54, 1.807) is 21.9 Å². The second-order valence-electron chi connectivity index (χ2n) is 7.76. The number of fused-ring (bicyclic) bond motifs is 1. The third kappa shape index (κ3) is 4.23. The Morgan fingerprint density at radius 3 is 2.08 bits per heavy atom. The summed E-state index contributed by atoms with van der Waals surface area (Å²) >= 11 is 5.86. The molecule has 2 aliphatic rings. The van der Waals surface area contributed by atoms with Gasteiger partial charge in [-0.2, -0.15) is 0 Å². The molecule has 0 spiro atoms. The highest BCUT2D eigenvalue weighted by atomic mass is 35.5. The van der Waals surface area contributed by atoms with Gasteiger partial charge in [0.15, 0.2) is 0 Å². The Kier molecular flexibility index (Phi) is 5.32. The Labute approximate surface area is 159 Å². The lowest BCUT2D eigenvalue weighted by Gasteiger charge is -2.52. The topological polar surface area (TPSA) is 59.1 Å². The molecule has 1 aliphatic carbocycles. The van der Waals surface area contributed by atoms with Crippen LogP contribution in [0.2, 0.25) is 5.02 Å². The van der Waals surface area contributed by atoms with Crippen LogP contribution in [0.25, 0.3) is 0 Å². The summed E-state index contributed by atoms with van der Waals surface area (Å²) in [6, 6.07) is 7.24. The first-order chi connectivity index (χ1) is 12.2. The van der Waals surface area contributed by atoms with Gasteiger partial charge in [-0.1, -0.05) is 23.7 Å². The van der Waals surface area contributed by atoms with E-state index in [4.69, 9.17) is 21.1 Å². The fraction of sp³-hybridized carbons (Fsp3) is 0.579. The molecule has 6 nitrogen and oxygen atoms in total. The molecule has 1 saturated heterocycles. The minimum Gasteiger partial charge on any atom is -0.445 e. The molecule has 142 valence electrons. The summed E-state index contributed by atoms with van der Waals surface area (Å²) in [5, 5.41) is 0.649. The van der Waals surface area contributed by atoms with Gasteiger partial charge >= 0.3 is 12.2 Å². The first-order valence-corrected chi connectivity index (χ1v) is 9.30. The second kappa shape index (κ2) is 7.35. The van der Waals surface area contributed by atoms with Gasteiger partial charge in [0.2, 0.25) is 0 Å². The molecule has 0 N–H and O–H groups in total. The van der Waals surface area contributed by atoms with Crippen LogP contribution in [-0.4, -0.2) is 52.8 Å². The second-order valence-corrected chi connectivity index (χ2v) is 8.20. The van der Waals surface area contributed by atoms with Crippen molar-refractivity contribution in [2.24, 2.45) is 0 Å². The molecule has 1 aromatic carbocycles. The molecular weight excluding hydrogens is 356 g/mol. The van der Waals surface area contributed by atoms with Gasteiger partial charge < -0.3 is 19.3 Å². The number of hydrogen-bond donors (Lipinski definition) is 0. The van der Waals surface area contributed by atoms with E-state index in [1.807, 2.05) is 32.9 Å². The Hall–Kier alpha value is -1.95. The van der Waals surface area contributed by atoms with Crippen molar-refractivity contribution in [3.63, 3.8) is 0 Å². The number of benzene rings is 1.